The number of carbonyl (C=O) groups is 1. The van der Waals surface area contributed by atoms with Crippen LogP contribution in [0.1, 0.15) is 23.0 Å². The lowest BCUT2D eigenvalue weighted by atomic mass is 10.1. The molecule has 178 valence electrons. The molecule has 0 bridgehead atoms. The Balaban J connectivity index is 1.80. The molecule has 0 unspecified atom stereocenters. The first kappa shape index (κ1) is 24.4. The number of carboxylic acid groups (broad SMARTS) is 1. The highest BCUT2D eigenvalue weighted by Gasteiger charge is 2.19. The molecule has 3 rings (SSSR count). The predicted molar refractivity (Wildman–Crippen MR) is 132 cm³/mol. The van der Waals surface area contributed by atoms with Crippen LogP contribution in [0.5, 0.6) is 0 Å². The van der Waals surface area contributed by atoms with Crippen LogP contribution in [0.2, 0.25) is 0 Å². The second kappa shape index (κ2) is 10.1. The molecule has 0 saturated carbocycles. The van der Waals surface area contributed by atoms with Crippen molar-refractivity contribution in [1.29, 1.82) is 0 Å². The van der Waals surface area contributed by atoms with Crippen LogP contribution in [0.25, 0.3) is 10.9 Å². The van der Waals surface area contributed by atoms with Gasteiger partial charge in [-0.25, -0.2) is 13.2 Å². The van der Waals surface area contributed by atoms with Gasteiger partial charge in [-0.05, 0) is 43.7 Å². The van der Waals surface area contributed by atoms with Crippen molar-refractivity contribution in [1.82, 2.24) is 4.57 Å². The van der Waals surface area contributed by atoms with Crippen LogP contribution in [0.15, 0.2) is 42.5 Å². The summed E-state index contributed by atoms with van der Waals surface area (Å²) < 4.78 is 27.8. The summed E-state index contributed by atoms with van der Waals surface area (Å²) in [5.74, 6) is -0.943. The van der Waals surface area contributed by atoms with Crippen molar-refractivity contribution in [2.45, 2.75) is 20.4 Å². The van der Waals surface area contributed by atoms with Crippen LogP contribution >= 0.6 is 0 Å². The number of carboxylic acids is 1. The molecule has 4 N–H and O–H groups in total. The van der Waals surface area contributed by atoms with Gasteiger partial charge >= 0.3 is 5.97 Å². The summed E-state index contributed by atoms with van der Waals surface area (Å²) >= 11 is 0. The molecule has 0 aliphatic rings. The highest BCUT2D eigenvalue weighted by Crippen LogP contribution is 2.29. The third-order valence-corrected chi connectivity index (χ3v) is 6.05. The number of benzene rings is 2. The number of hydrogen-bond acceptors (Lipinski definition) is 6. The van der Waals surface area contributed by atoms with Gasteiger partial charge in [0, 0.05) is 37.3 Å². The lowest BCUT2D eigenvalue weighted by molar-refractivity contribution is 0.0685. The molecular formula is C23H30N4O5S. The molecule has 0 saturated heterocycles. The second-order valence-corrected chi connectivity index (χ2v) is 9.53. The molecule has 2 aromatic carbocycles. The average molecular weight is 475 g/mol. The maximum absolute atomic E-state index is 11.7. The quantitative estimate of drug-likeness (QED) is 0.337. The van der Waals surface area contributed by atoms with E-state index in [-0.39, 0.29) is 6.61 Å². The topological polar surface area (TPSA) is 124 Å². The van der Waals surface area contributed by atoms with Crippen molar-refractivity contribution >= 4 is 44.0 Å². The van der Waals surface area contributed by atoms with Crippen molar-refractivity contribution in [3.63, 3.8) is 0 Å². The molecule has 9 nitrogen and oxygen atoms in total. The summed E-state index contributed by atoms with van der Waals surface area (Å²) in [5.41, 5.74) is 3.87. The molecule has 10 heteroatoms. The first-order valence-electron chi connectivity index (χ1n) is 10.7. The van der Waals surface area contributed by atoms with E-state index in [2.05, 4.69) is 10.0 Å². The number of nitrogens with zero attached hydrogens (tertiary/aromatic N) is 2. The number of aliphatic hydroxyl groups excluding tert-OH is 1. The highest BCUT2D eigenvalue weighted by molar-refractivity contribution is 7.92. The van der Waals surface area contributed by atoms with Crippen LogP contribution in [0.4, 0.5) is 17.1 Å². The van der Waals surface area contributed by atoms with Crippen LogP contribution in [-0.4, -0.2) is 61.7 Å². The van der Waals surface area contributed by atoms with Crippen molar-refractivity contribution in [2.75, 3.05) is 47.4 Å². The summed E-state index contributed by atoms with van der Waals surface area (Å²) in [6, 6.07) is 12.8. The number of nitrogens with one attached hydrogen (secondary N) is 2. The molecule has 33 heavy (non-hydrogen) atoms. The second-order valence-electron chi connectivity index (χ2n) is 7.78. The SMILES string of the molecule is CCn1c(C(=O)O)c(C)c2ccc(NCCN(CCO)c3ccccc3NS(C)(=O)=O)cc21. The molecule has 0 radical (unpaired) electrons. The molecule has 0 spiro atoms. The zero-order valence-corrected chi connectivity index (χ0v) is 19.8. The Labute approximate surface area is 193 Å². The molecule has 0 fully saturated rings. The Kier molecular flexibility index (Phi) is 7.50. The summed E-state index contributed by atoms with van der Waals surface area (Å²) in [5, 5.41) is 23.4. The van der Waals surface area contributed by atoms with Gasteiger partial charge in [0.05, 0.1) is 29.8 Å². The van der Waals surface area contributed by atoms with Crippen LogP contribution < -0.4 is 14.9 Å². The summed E-state index contributed by atoms with van der Waals surface area (Å²) in [4.78, 5) is 13.6. The number of aromatic nitrogens is 1. The van der Waals surface area contributed by atoms with Crippen LogP contribution in [0, 0.1) is 6.92 Å². The largest absolute Gasteiger partial charge is 0.477 e. The molecule has 1 aromatic heterocycles. The van der Waals surface area contributed by atoms with Crippen molar-refractivity contribution < 1.29 is 23.4 Å². The number of para-hydroxylation sites is 2. The van der Waals surface area contributed by atoms with E-state index in [1.807, 2.05) is 43.0 Å². The van der Waals surface area contributed by atoms with E-state index in [0.29, 0.717) is 43.2 Å². The molecule has 3 aromatic rings. The van der Waals surface area contributed by atoms with Gasteiger partial charge in [-0.1, -0.05) is 18.2 Å². The van der Waals surface area contributed by atoms with Crippen LogP contribution in [0.3, 0.4) is 0 Å². The number of sulfonamides is 1. The highest BCUT2D eigenvalue weighted by atomic mass is 32.2. The Hall–Kier alpha value is -3.24. The first-order chi connectivity index (χ1) is 15.7. The average Bonchev–Trinajstić information content (AvgIpc) is 3.04. The first-order valence-corrected chi connectivity index (χ1v) is 12.6. The number of fused-ring (bicyclic) bond motifs is 1. The number of anilines is 3. The summed E-state index contributed by atoms with van der Waals surface area (Å²) in [6.07, 6.45) is 1.10. The standard InChI is InChI=1S/C23H30N4O5S/c1-4-27-21-15-17(9-10-18(21)16(2)22(27)23(29)30)24-11-12-26(13-14-28)20-8-6-5-7-19(20)25-33(3,31)32/h5-10,15,24-25,28H,4,11-14H2,1-3H3,(H,29,30). The molecule has 0 aliphatic carbocycles. The third-order valence-electron chi connectivity index (χ3n) is 5.46. The Bertz CT molecular complexity index is 1250. The van der Waals surface area contributed by atoms with Gasteiger partial charge in [-0.15, -0.1) is 0 Å². The van der Waals surface area contributed by atoms with E-state index < -0.39 is 16.0 Å². The molecule has 0 aliphatic heterocycles. The molecule has 0 atom stereocenters. The number of aromatic carboxylic acids is 1. The monoisotopic (exact) mass is 474 g/mol. The van der Waals surface area contributed by atoms with E-state index in [1.165, 1.54) is 0 Å². The minimum absolute atomic E-state index is 0.0829. The normalized spacial score (nSPS) is 11.5. The maximum atomic E-state index is 11.7. The van der Waals surface area contributed by atoms with Gasteiger partial charge < -0.3 is 25.0 Å². The minimum Gasteiger partial charge on any atom is -0.477 e. The molecule has 1 heterocycles. The molecule has 0 amide bonds. The lowest BCUT2D eigenvalue weighted by Gasteiger charge is -2.26. The Morgan fingerprint density at radius 2 is 1.88 bits per heavy atom. The Morgan fingerprint density at radius 3 is 2.52 bits per heavy atom. The third kappa shape index (κ3) is 5.58. The van der Waals surface area contributed by atoms with E-state index in [9.17, 15) is 23.4 Å². The van der Waals surface area contributed by atoms with Crippen molar-refractivity contribution in [3.05, 3.63) is 53.7 Å². The van der Waals surface area contributed by atoms with Gasteiger partial charge in [-0.3, -0.25) is 4.72 Å². The van der Waals surface area contributed by atoms with Gasteiger partial charge in [0.1, 0.15) is 5.69 Å². The fourth-order valence-corrected chi connectivity index (χ4v) is 4.65. The van der Waals surface area contributed by atoms with Crippen LogP contribution in [-0.2, 0) is 16.6 Å². The zero-order valence-electron chi connectivity index (χ0n) is 19.0. The number of hydrogen-bond donors (Lipinski definition) is 4. The minimum atomic E-state index is -3.45. The smallest absolute Gasteiger partial charge is 0.352 e. The molecular weight excluding hydrogens is 444 g/mol. The number of rotatable bonds is 11. The Morgan fingerprint density at radius 1 is 1.15 bits per heavy atom. The van der Waals surface area contributed by atoms with E-state index in [0.717, 1.165) is 28.4 Å². The van der Waals surface area contributed by atoms with Gasteiger partial charge in [-0.2, -0.15) is 0 Å². The predicted octanol–water partition coefficient (Wildman–Crippen LogP) is 2.95. The fraction of sp³-hybridized carbons (Fsp3) is 0.348. The fourth-order valence-electron chi connectivity index (χ4n) is 4.08. The number of aliphatic hydroxyl groups is 1. The van der Waals surface area contributed by atoms with Crippen molar-refractivity contribution in [3.8, 4) is 0 Å². The summed E-state index contributed by atoms with van der Waals surface area (Å²) in [6.45, 7) is 5.57. The number of aryl methyl sites for hydroxylation is 2. The van der Waals surface area contributed by atoms with E-state index in [1.54, 1.807) is 22.8 Å². The lowest BCUT2D eigenvalue weighted by Crippen LogP contribution is -2.32. The maximum Gasteiger partial charge on any atom is 0.352 e. The zero-order chi connectivity index (χ0) is 24.2. The van der Waals surface area contributed by atoms with Gasteiger partial charge in [0.15, 0.2) is 0 Å². The van der Waals surface area contributed by atoms with Gasteiger partial charge in [0.25, 0.3) is 0 Å². The van der Waals surface area contributed by atoms with Crippen molar-refractivity contribution in [2.24, 2.45) is 0 Å². The summed E-state index contributed by atoms with van der Waals surface area (Å²) in [7, 11) is -3.45. The van der Waals surface area contributed by atoms with E-state index in [4.69, 9.17) is 0 Å². The van der Waals surface area contributed by atoms with E-state index >= 15 is 0 Å². The van der Waals surface area contributed by atoms with Gasteiger partial charge in [0.2, 0.25) is 10.0 Å².